The van der Waals surface area contributed by atoms with Gasteiger partial charge in [0.25, 0.3) is 5.69 Å². The van der Waals surface area contributed by atoms with E-state index in [0.29, 0.717) is 27.6 Å². The van der Waals surface area contributed by atoms with Gasteiger partial charge in [0.1, 0.15) is 5.69 Å². The number of aryl methyl sites for hydroxylation is 2. The molecule has 0 spiro atoms. The molecule has 9 nitrogen and oxygen atoms in total. The van der Waals surface area contributed by atoms with Crippen LogP contribution in [-0.4, -0.2) is 31.8 Å². The van der Waals surface area contributed by atoms with Crippen molar-refractivity contribution in [1.29, 1.82) is 0 Å². The zero-order valence-electron chi connectivity index (χ0n) is 14.8. The molecular formula is C17H16ClN5O4. The van der Waals surface area contributed by atoms with E-state index in [4.69, 9.17) is 16.3 Å². The lowest BCUT2D eigenvalue weighted by molar-refractivity contribution is -0.385. The Morgan fingerprint density at radius 1 is 1.22 bits per heavy atom. The first-order valence-electron chi connectivity index (χ1n) is 7.93. The fourth-order valence-electron chi connectivity index (χ4n) is 2.79. The molecule has 10 heteroatoms. The van der Waals surface area contributed by atoms with Crippen LogP contribution in [-0.2, 0) is 6.54 Å². The van der Waals surface area contributed by atoms with Crippen molar-refractivity contribution >= 4 is 17.3 Å². The summed E-state index contributed by atoms with van der Waals surface area (Å²) in [6, 6.07) is 8.08. The molecule has 1 aromatic heterocycles. The predicted molar refractivity (Wildman–Crippen MR) is 98.9 cm³/mol. The number of benzene rings is 2. The van der Waals surface area contributed by atoms with E-state index in [2.05, 4.69) is 10.4 Å². The number of hydrogen-bond donors (Lipinski definition) is 0. The van der Waals surface area contributed by atoms with E-state index in [1.807, 2.05) is 6.92 Å². The summed E-state index contributed by atoms with van der Waals surface area (Å²) < 4.78 is 7.56. The molecule has 0 saturated carbocycles. The number of rotatable bonds is 5. The highest BCUT2D eigenvalue weighted by atomic mass is 35.5. The van der Waals surface area contributed by atoms with E-state index in [1.54, 1.807) is 31.2 Å². The highest BCUT2D eigenvalue weighted by Crippen LogP contribution is 2.31. The highest BCUT2D eigenvalue weighted by molar-refractivity contribution is 6.32. The third-order valence-corrected chi connectivity index (χ3v) is 4.31. The molecule has 0 amide bonds. The van der Waals surface area contributed by atoms with Gasteiger partial charge in [0, 0.05) is 11.6 Å². The molecule has 0 unspecified atom stereocenters. The van der Waals surface area contributed by atoms with Gasteiger partial charge in [-0.3, -0.25) is 10.1 Å². The number of ether oxygens (including phenoxy) is 1. The van der Waals surface area contributed by atoms with Crippen molar-refractivity contribution < 1.29 is 9.66 Å². The van der Waals surface area contributed by atoms with Crippen molar-refractivity contribution in [3.8, 4) is 11.4 Å². The summed E-state index contributed by atoms with van der Waals surface area (Å²) >= 11 is 6.18. The molecule has 0 aliphatic rings. The first-order valence-corrected chi connectivity index (χ1v) is 8.31. The zero-order chi connectivity index (χ0) is 19.7. The van der Waals surface area contributed by atoms with E-state index >= 15 is 0 Å². The predicted octanol–water partition coefficient (Wildman–Crippen LogP) is 2.66. The minimum atomic E-state index is -0.481. The topological polar surface area (TPSA) is 105 Å². The van der Waals surface area contributed by atoms with Gasteiger partial charge in [-0.1, -0.05) is 17.7 Å². The van der Waals surface area contributed by atoms with Crippen molar-refractivity contribution in [3.63, 3.8) is 0 Å². The molecule has 0 fully saturated rings. The maximum Gasteiger partial charge on any atom is 0.368 e. The van der Waals surface area contributed by atoms with Crippen molar-refractivity contribution in [2.24, 2.45) is 0 Å². The first kappa shape index (κ1) is 18.6. The zero-order valence-corrected chi connectivity index (χ0v) is 15.6. The van der Waals surface area contributed by atoms with Gasteiger partial charge >= 0.3 is 5.69 Å². The summed E-state index contributed by atoms with van der Waals surface area (Å²) in [5.41, 5.74) is 1.97. The molecule has 1 heterocycles. The largest absolute Gasteiger partial charge is 0.493 e. The van der Waals surface area contributed by atoms with Gasteiger partial charge in [-0.05, 0) is 53.6 Å². The van der Waals surface area contributed by atoms with Crippen LogP contribution in [0, 0.1) is 24.0 Å². The normalized spacial score (nSPS) is 10.8. The minimum Gasteiger partial charge on any atom is -0.493 e. The second kappa shape index (κ2) is 7.20. The first-order chi connectivity index (χ1) is 12.8. The Morgan fingerprint density at radius 3 is 2.59 bits per heavy atom. The monoisotopic (exact) mass is 389 g/mol. The van der Waals surface area contributed by atoms with Crippen LogP contribution in [0.15, 0.2) is 35.1 Å². The van der Waals surface area contributed by atoms with Gasteiger partial charge in [0.2, 0.25) is 0 Å². The molecule has 0 saturated heterocycles. The Bertz CT molecular complexity index is 1090. The third-order valence-electron chi connectivity index (χ3n) is 4.03. The Balaban J connectivity index is 1.99. The second-order valence-electron chi connectivity index (χ2n) is 6.01. The summed E-state index contributed by atoms with van der Waals surface area (Å²) in [7, 11) is 1.45. The summed E-state index contributed by atoms with van der Waals surface area (Å²) in [6.07, 6.45) is 0. The number of tetrazole rings is 1. The van der Waals surface area contributed by atoms with Crippen molar-refractivity contribution in [1.82, 2.24) is 19.8 Å². The van der Waals surface area contributed by atoms with E-state index < -0.39 is 10.6 Å². The van der Waals surface area contributed by atoms with Crippen LogP contribution in [0.1, 0.15) is 16.7 Å². The number of aromatic nitrogens is 4. The number of halogens is 1. The molecule has 27 heavy (non-hydrogen) atoms. The summed E-state index contributed by atoms with van der Waals surface area (Å²) in [5, 5.41) is 19.1. The molecule has 0 atom stereocenters. The number of nitro groups is 1. The fourth-order valence-corrected chi connectivity index (χ4v) is 3.13. The lowest BCUT2D eigenvalue weighted by Gasteiger charge is -2.10. The van der Waals surface area contributed by atoms with Crippen LogP contribution in [0.3, 0.4) is 0 Å². The summed E-state index contributed by atoms with van der Waals surface area (Å²) in [4.78, 5) is 23.2. The van der Waals surface area contributed by atoms with E-state index in [1.165, 1.54) is 13.2 Å². The molecule has 0 radical (unpaired) electrons. The Morgan fingerprint density at radius 2 is 1.96 bits per heavy atom. The van der Waals surface area contributed by atoms with E-state index in [9.17, 15) is 14.9 Å². The van der Waals surface area contributed by atoms with Gasteiger partial charge in [0.15, 0.2) is 5.75 Å². The number of nitrogens with zero attached hydrogens (tertiary/aromatic N) is 5. The number of nitro benzene ring substituents is 1. The lowest BCUT2D eigenvalue weighted by Crippen LogP contribution is -2.25. The van der Waals surface area contributed by atoms with Gasteiger partial charge in [-0.15, -0.1) is 0 Å². The van der Waals surface area contributed by atoms with Crippen molar-refractivity contribution in [2.45, 2.75) is 20.4 Å². The minimum absolute atomic E-state index is 0.0221. The average Bonchev–Trinajstić information content (AvgIpc) is 2.94. The van der Waals surface area contributed by atoms with Crippen LogP contribution in [0.4, 0.5) is 5.69 Å². The lowest BCUT2D eigenvalue weighted by atomic mass is 10.1. The summed E-state index contributed by atoms with van der Waals surface area (Å²) in [6.45, 7) is 3.60. The third kappa shape index (κ3) is 3.54. The van der Waals surface area contributed by atoms with Gasteiger partial charge < -0.3 is 4.74 Å². The van der Waals surface area contributed by atoms with Crippen molar-refractivity contribution in [3.05, 3.63) is 72.6 Å². The Kier molecular flexibility index (Phi) is 4.95. The molecule has 3 rings (SSSR count). The van der Waals surface area contributed by atoms with Crippen LogP contribution in [0.5, 0.6) is 5.75 Å². The maximum absolute atomic E-state index is 12.7. The van der Waals surface area contributed by atoms with Crippen LogP contribution >= 0.6 is 11.6 Å². The SMILES string of the molecule is COc1c(Cl)cc(C)cc1-n1nnn(Cc2ccc([N+](=O)[O-])c(C)c2)c1=O. The second-order valence-corrected chi connectivity index (χ2v) is 6.42. The van der Waals surface area contributed by atoms with Crippen molar-refractivity contribution in [2.75, 3.05) is 7.11 Å². The molecule has 0 aliphatic heterocycles. The van der Waals surface area contributed by atoms with Gasteiger partial charge in [-0.25, -0.2) is 4.79 Å². The van der Waals surface area contributed by atoms with Crippen LogP contribution in [0.2, 0.25) is 5.02 Å². The molecule has 0 bridgehead atoms. The maximum atomic E-state index is 12.7. The highest BCUT2D eigenvalue weighted by Gasteiger charge is 2.17. The van der Waals surface area contributed by atoms with E-state index in [0.717, 1.165) is 14.9 Å². The number of hydrogen-bond acceptors (Lipinski definition) is 6. The molecular weight excluding hydrogens is 374 g/mol. The average molecular weight is 390 g/mol. The Hall–Kier alpha value is -3.20. The smallest absolute Gasteiger partial charge is 0.368 e. The fraction of sp³-hybridized carbons (Fsp3) is 0.235. The van der Waals surface area contributed by atoms with Crippen LogP contribution < -0.4 is 10.4 Å². The Labute approximate surface area is 158 Å². The quantitative estimate of drug-likeness (QED) is 0.490. The molecule has 3 aromatic rings. The van der Waals surface area contributed by atoms with Gasteiger partial charge in [-0.2, -0.15) is 9.36 Å². The molecule has 2 aromatic carbocycles. The standard InChI is InChI=1S/C17H16ClN5O4/c1-10-6-13(18)16(27-3)15(7-10)22-17(24)21(19-20-22)9-12-4-5-14(23(25)26)11(2)8-12/h4-8H,9H2,1-3H3. The molecule has 140 valence electrons. The van der Waals surface area contributed by atoms with Crippen LogP contribution in [0.25, 0.3) is 5.69 Å². The summed E-state index contributed by atoms with van der Waals surface area (Å²) in [5.74, 6) is 0.322. The molecule has 0 N–H and O–H groups in total. The molecule has 0 aliphatic carbocycles. The van der Waals surface area contributed by atoms with E-state index in [-0.39, 0.29) is 12.2 Å². The number of methoxy groups -OCH3 is 1. The van der Waals surface area contributed by atoms with Gasteiger partial charge in [0.05, 0.1) is 23.6 Å².